The van der Waals surface area contributed by atoms with Gasteiger partial charge in [-0.2, -0.15) is 0 Å². The van der Waals surface area contributed by atoms with Crippen molar-refractivity contribution in [1.82, 2.24) is 20.0 Å². The molecule has 0 bridgehead atoms. The number of nitrogens with zero attached hydrogens (tertiary/aromatic N) is 4. The van der Waals surface area contributed by atoms with Crippen molar-refractivity contribution in [2.45, 2.75) is 13.8 Å². The van der Waals surface area contributed by atoms with Gasteiger partial charge in [-0.05, 0) is 13.8 Å². The lowest BCUT2D eigenvalue weighted by molar-refractivity contribution is 0.102. The van der Waals surface area contributed by atoms with Crippen molar-refractivity contribution < 1.29 is 4.79 Å². The number of hydrogen-bond acceptors (Lipinski definition) is 5. The minimum absolute atomic E-state index is 0.285. The van der Waals surface area contributed by atoms with Crippen LogP contribution in [0.25, 0.3) is 0 Å². The lowest BCUT2D eigenvalue weighted by atomic mass is 10.4. The molecule has 7 heteroatoms. The predicted octanol–water partition coefficient (Wildman–Crippen LogP) is 1.14. The molecule has 0 saturated heterocycles. The molecule has 0 atom stereocenters. The number of aryl methyl sites for hydroxylation is 3. The van der Waals surface area contributed by atoms with Crippen LogP contribution < -0.4 is 5.32 Å². The Kier molecular flexibility index (Phi) is 2.69. The molecule has 6 nitrogen and oxygen atoms in total. The van der Waals surface area contributed by atoms with Gasteiger partial charge in [0.25, 0.3) is 5.91 Å². The van der Waals surface area contributed by atoms with Crippen LogP contribution in [0.4, 0.5) is 5.13 Å². The highest BCUT2D eigenvalue weighted by Gasteiger charge is 2.12. The van der Waals surface area contributed by atoms with Crippen molar-refractivity contribution in [3.8, 4) is 0 Å². The van der Waals surface area contributed by atoms with Crippen LogP contribution in [0.1, 0.15) is 21.1 Å². The third-order valence-electron chi connectivity index (χ3n) is 2.08. The van der Waals surface area contributed by atoms with E-state index in [1.165, 1.54) is 16.0 Å². The number of rotatable bonds is 2. The molecule has 0 unspecified atom stereocenters. The molecule has 0 aliphatic heterocycles. The molecular formula is C9H11N5OS. The molecule has 2 rings (SSSR count). The molecular weight excluding hydrogens is 226 g/mol. The number of nitrogens with one attached hydrogen (secondary N) is 1. The number of aromatic nitrogens is 4. The molecule has 2 aromatic heterocycles. The minimum Gasteiger partial charge on any atom is -0.296 e. The third kappa shape index (κ3) is 2.08. The second kappa shape index (κ2) is 4.01. The number of hydrogen-bond donors (Lipinski definition) is 1. The van der Waals surface area contributed by atoms with E-state index >= 15 is 0 Å². The number of carbonyl (C=O) groups excluding carboxylic acids is 1. The third-order valence-corrected chi connectivity index (χ3v) is 3.07. The molecule has 16 heavy (non-hydrogen) atoms. The van der Waals surface area contributed by atoms with Gasteiger partial charge in [-0.1, -0.05) is 5.21 Å². The summed E-state index contributed by atoms with van der Waals surface area (Å²) in [5.74, 6) is -0.290. The Labute approximate surface area is 96.3 Å². The Balaban J connectivity index is 2.13. The molecule has 1 amide bonds. The van der Waals surface area contributed by atoms with E-state index in [0.29, 0.717) is 5.13 Å². The first kappa shape index (κ1) is 10.7. The maximum Gasteiger partial charge on any atom is 0.279 e. The van der Waals surface area contributed by atoms with Crippen molar-refractivity contribution >= 4 is 22.4 Å². The van der Waals surface area contributed by atoms with Gasteiger partial charge in [0.1, 0.15) is 0 Å². The van der Waals surface area contributed by atoms with Gasteiger partial charge in [-0.3, -0.25) is 14.8 Å². The topological polar surface area (TPSA) is 72.7 Å². The molecule has 0 radical (unpaired) electrons. The Bertz CT molecular complexity index is 510. The number of anilines is 1. The first-order valence-corrected chi connectivity index (χ1v) is 5.49. The molecule has 1 N–H and O–H groups in total. The molecule has 0 saturated carbocycles. The van der Waals surface area contributed by atoms with Crippen LogP contribution in [0, 0.1) is 13.8 Å². The summed E-state index contributed by atoms with van der Waals surface area (Å²) < 4.78 is 1.48. The van der Waals surface area contributed by atoms with Crippen LogP contribution in [-0.2, 0) is 7.05 Å². The quantitative estimate of drug-likeness (QED) is 0.850. The second-order valence-electron chi connectivity index (χ2n) is 3.39. The zero-order valence-electron chi connectivity index (χ0n) is 9.18. The Morgan fingerprint density at radius 2 is 2.25 bits per heavy atom. The highest BCUT2D eigenvalue weighted by molar-refractivity contribution is 7.15. The van der Waals surface area contributed by atoms with Crippen molar-refractivity contribution in [2.24, 2.45) is 7.05 Å². The van der Waals surface area contributed by atoms with E-state index in [4.69, 9.17) is 0 Å². The predicted molar refractivity (Wildman–Crippen MR) is 60.5 cm³/mol. The van der Waals surface area contributed by atoms with E-state index < -0.39 is 0 Å². The maximum atomic E-state index is 11.7. The molecule has 0 aliphatic rings. The van der Waals surface area contributed by atoms with Gasteiger partial charge in [0.2, 0.25) is 0 Å². The van der Waals surface area contributed by atoms with Gasteiger partial charge in [0, 0.05) is 11.9 Å². The van der Waals surface area contributed by atoms with Crippen molar-refractivity contribution in [3.63, 3.8) is 0 Å². The van der Waals surface area contributed by atoms with E-state index in [2.05, 4.69) is 20.6 Å². The van der Waals surface area contributed by atoms with Crippen LogP contribution in [0.5, 0.6) is 0 Å². The molecule has 0 spiro atoms. The van der Waals surface area contributed by atoms with Gasteiger partial charge >= 0.3 is 0 Å². The fourth-order valence-corrected chi connectivity index (χ4v) is 1.95. The monoisotopic (exact) mass is 237 g/mol. The fourth-order valence-electron chi connectivity index (χ4n) is 1.14. The fraction of sp³-hybridized carbons (Fsp3) is 0.333. The zero-order valence-corrected chi connectivity index (χ0v) is 10.00. The van der Waals surface area contributed by atoms with E-state index in [-0.39, 0.29) is 11.6 Å². The van der Waals surface area contributed by atoms with E-state index in [0.717, 1.165) is 10.6 Å². The summed E-state index contributed by atoms with van der Waals surface area (Å²) in [5, 5.41) is 10.7. The standard InChI is InChI=1S/C9H11N5OS/c1-5-6(2)16-9(10-5)11-8(15)7-4-14(3)13-12-7/h4H,1-3H3,(H,10,11,15). The van der Waals surface area contributed by atoms with Gasteiger partial charge in [-0.25, -0.2) is 4.98 Å². The van der Waals surface area contributed by atoms with Gasteiger partial charge < -0.3 is 0 Å². The summed E-state index contributed by atoms with van der Waals surface area (Å²) in [5.41, 5.74) is 1.22. The molecule has 0 aliphatic carbocycles. The number of thiazole rings is 1. The van der Waals surface area contributed by atoms with Gasteiger partial charge in [0.05, 0.1) is 11.9 Å². The first-order chi connectivity index (χ1) is 7.56. The highest BCUT2D eigenvalue weighted by atomic mass is 32.1. The molecule has 0 fully saturated rings. The largest absolute Gasteiger partial charge is 0.296 e. The van der Waals surface area contributed by atoms with E-state index in [1.807, 2.05) is 13.8 Å². The van der Waals surface area contributed by atoms with Gasteiger partial charge in [-0.15, -0.1) is 16.4 Å². The highest BCUT2D eigenvalue weighted by Crippen LogP contribution is 2.21. The Morgan fingerprint density at radius 3 is 2.75 bits per heavy atom. The summed E-state index contributed by atoms with van der Waals surface area (Å²) in [6, 6.07) is 0. The van der Waals surface area contributed by atoms with Crippen molar-refractivity contribution in [2.75, 3.05) is 5.32 Å². The van der Waals surface area contributed by atoms with E-state index in [1.54, 1.807) is 13.2 Å². The van der Waals surface area contributed by atoms with Crippen LogP contribution in [0.15, 0.2) is 6.20 Å². The minimum atomic E-state index is -0.290. The average Bonchev–Trinajstić information content (AvgIpc) is 2.75. The average molecular weight is 237 g/mol. The van der Waals surface area contributed by atoms with E-state index in [9.17, 15) is 4.79 Å². The van der Waals surface area contributed by atoms with Crippen LogP contribution >= 0.6 is 11.3 Å². The molecule has 2 aromatic rings. The SMILES string of the molecule is Cc1nc(NC(=O)c2cn(C)nn2)sc1C. The van der Waals surface area contributed by atoms with Crippen LogP contribution in [0.3, 0.4) is 0 Å². The Morgan fingerprint density at radius 1 is 1.50 bits per heavy atom. The van der Waals surface area contributed by atoms with Crippen molar-refractivity contribution in [1.29, 1.82) is 0 Å². The summed E-state index contributed by atoms with van der Waals surface area (Å²) >= 11 is 1.45. The second-order valence-corrected chi connectivity index (χ2v) is 4.60. The first-order valence-electron chi connectivity index (χ1n) is 4.68. The maximum absolute atomic E-state index is 11.7. The number of amides is 1. The molecule has 2 heterocycles. The smallest absolute Gasteiger partial charge is 0.279 e. The molecule has 0 aromatic carbocycles. The van der Waals surface area contributed by atoms with Gasteiger partial charge in [0.15, 0.2) is 10.8 Å². The lowest BCUT2D eigenvalue weighted by Gasteiger charge is -1.95. The van der Waals surface area contributed by atoms with Crippen LogP contribution in [-0.4, -0.2) is 25.9 Å². The number of carbonyl (C=O) groups is 1. The zero-order chi connectivity index (χ0) is 11.7. The summed E-state index contributed by atoms with van der Waals surface area (Å²) in [6.07, 6.45) is 1.56. The molecule has 84 valence electrons. The summed E-state index contributed by atoms with van der Waals surface area (Å²) in [7, 11) is 1.71. The van der Waals surface area contributed by atoms with Crippen molar-refractivity contribution in [3.05, 3.63) is 22.5 Å². The van der Waals surface area contributed by atoms with Crippen LogP contribution in [0.2, 0.25) is 0 Å². The Hall–Kier alpha value is -1.76. The summed E-state index contributed by atoms with van der Waals surface area (Å²) in [6.45, 7) is 3.87. The summed E-state index contributed by atoms with van der Waals surface area (Å²) in [4.78, 5) is 17.0. The normalized spacial score (nSPS) is 10.4. The lowest BCUT2D eigenvalue weighted by Crippen LogP contribution is -2.12.